The van der Waals surface area contributed by atoms with E-state index in [0.717, 1.165) is 0 Å². The molecule has 0 aliphatic carbocycles. The van der Waals surface area contributed by atoms with Gasteiger partial charge < -0.3 is 25.5 Å². The third kappa shape index (κ3) is 4.05. The minimum absolute atomic E-state index is 0.0818. The van der Waals surface area contributed by atoms with Crippen LogP contribution in [-0.2, 0) is 16.1 Å². The van der Waals surface area contributed by atoms with Crippen LogP contribution in [0.4, 0.5) is 10.6 Å². The monoisotopic (exact) mass is 322 g/mol. The van der Waals surface area contributed by atoms with Gasteiger partial charge in [0.25, 0.3) is 0 Å². The van der Waals surface area contributed by atoms with Gasteiger partial charge in [-0.15, -0.1) is 0 Å². The summed E-state index contributed by atoms with van der Waals surface area (Å²) < 4.78 is 6.54. The van der Waals surface area contributed by atoms with Crippen LogP contribution in [0.3, 0.4) is 0 Å². The number of rotatable bonds is 4. The number of aromatic nitrogens is 4. The molecule has 0 aliphatic heterocycles. The van der Waals surface area contributed by atoms with Crippen molar-refractivity contribution >= 4 is 29.0 Å². The Kier molecular flexibility index (Phi) is 4.34. The van der Waals surface area contributed by atoms with E-state index in [0.29, 0.717) is 11.2 Å². The van der Waals surface area contributed by atoms with Gasteiger partial charge in [0.05, 0.1) is 12.9 Å². The van der Waals surface area contributed by atoms with Crippen molar-refractivity contribution in [2.75, 3.05) is 5.73 Å². The maximum Gasteiger partial charge on any atom is 0.408 e. The highest BCUT2D eigenvalue weighted by Gasteiger charge is 2.25. The number of aliphatic carboxylic acids is 1. The number of hydrogen-bond acceptors (Lipinski definition) is 7. The van der Waals surface area contributed by atoms with Crippen LogP contribution in [0.2, 0.25) is 0 Å². The number of alkyl carbamates (subject to hydrolysis) is 1. The molecule has 0 saturated heterocycles. The average molecular weight is 322 g/mol. The predicted octanol–water partition coefficient (Wildman–Crippen LogP) is 0.386. The van der Waals surface area contributed by atoms with Gasteiger partial charge in [-0.25, -0.2) is 24.5 Å². The number of hydrogen-bond donors (Lipinski definition) is 3. The van der Waals surface area contributed by atoms with Crippen molar-refractivity contribution in [1.82, 2.24) is 24.8 Å². The summed E-state index contributed by atoms with van der Waals surface area (Å²) in [7, 11) is 0. The maximum atomic E-state index is 11.8. The second-order valence-corrected chi connectivity index (χ2v) is 5.87. The highest BCUT2D eigenvalue weighted by atomic mass is 16.6. The first kappa shape index (κ1) is 16.5. The zero-order valence-corrected chi connectivity index (χ0v) is 13.0. The van der Waals surface area contributed by atoms with Crippen molar-refractivity contribution in [1.29, 1.82) is 0 Å². The lowest BCUT2D eigenvalue weighted by Gasteiger charge is -2.22. The lowest BCUT2D eigenvalue weighted by atomic mass is 10.2. The molecule has 0 saturated carbocycles. The molecular weight excluding hydrogens is 304 g/mol. The van der Waals surface area contributed by atoms with Gasteiger partial charge in [-0.3, -0.25) is 0 Å². The minimum atomic E-state index is -1.21. The molecule has 2 rings (SSSR count). The molecular formula is C13H18N6O4. The number of nitrogen functional groups attached to an aromatic ring is 1. The Hall–Kier alpha value is -2.91. The molecule has 0 aromatic carbocycles. The first-order valence-corrected chi connectivity index (χ1v) is 6.81. The van der Waals surface area contributed by atoms with E-state index in [9.17, 15) is 14.7 Å². The summed E-state index contributed by atoms with van der Waals surface area (Å²) in [6.07, 6.45) is 1.83. The van der Waals surface area contributed by atoms with E-state index < -0.39 is 23.7 Å². The molecule has 10 nitrogen and oxygen atoms in total. The molecule has 0 bridgehead atoms. The van der Waals surface area contributed by atoms with Gasteiger partial charge in [-0.1, -0.05) is 0 Å². The number of carboxylic acid groups (broad SMARTS) is 1. The Morgan fingerprint density at radius 3 is 2.70 bits per heavy atom. The van der Waals surface area contributed by atoms with E-state index in [1.54, 1.807) is 20.8 Å². The summed E-state index contributed by atoms with van der Waals surface area (Å²) in [5, 5.41) is 11.6. The molecule has 2 aromatic rings. The fourth-order valence-electron chi connectivity index (χ4n) is 1.86. The molecule has 10 heteroatoms. The van der Waals surface area contributed by atoms with Gasteiger partial charge in [0.15, 0.2) is 11.5 Å². The number of amides is 1. The SMILES string of the molecule is CC(C)(C)OC(=O)NC(Cn1cnc2c(N)ncnc21)C(=O)O. The van der Waals surface area contributed by atoms with Crippen LogP contribution in [0.25, 0.3) is 11.2 Å². The molecule has 23 heavy (non-hydrogen) atoms. The van der Waals surface area contributed by atoms with Gasteiger partial charge in [-0.2, -0.15) is 0 Å². The lowest BCUT2D eigenvalue weighted by molar-refractivity contribution is -0.139. The number of nitrogens with two attached hydrogens (primary N) is 1. The topological polar surface area (TPSA) is 145 Å². The van der Waals surface area contributed by atoms with E-state index in [1.807, 2.05) is 0 Å². The first-order valence-electron chi connectivity index (χ1n) is 6.81. The third-order valence-corrected chi connectivity index (χ3v) is 2.80. The second kappa shape index (κ2) is 6.07. The van der Waals surface area contributed by atoms with Gasteiger partial charge >= 0.3 is 12.1 Å². The van der Waals surface area contributed by atoms with Crippen LogP contribution in [-0.4, -0.2) is 48.3 Å². The van der Waals surface area contributed by atoms with E-state index in [2.05, 4.69) is 20.3 Å². The Bertz CT molecular complexity index is 736. The summed E-state index contributed by atoms with van der Waals surface area (Å²) in [6.45, 7) is 4.98. The number of nitrogens with zero attached hydrogens (tertiary/aromatic N) is 4. The molecule has 124 valence electrons. The van der Waals surface area contributed by atoms with E-state index >= 15 is 0 Å². The summed E-state index contributed by atoms with van der Waals surface area (Å²) in [4.78, 5) is 35.0. The molecule has 2 aromatic heterocycles. The summed E-state index contributed by atoms with van der Waals surface area (Å²) in [6, 6.07) is -1.21. The van der Waals surface area contributed by atoms with Gasteiger partial charge in [0.1, 0.15) is 23.5 Å². The van der Waals surface area contributed by atoms with Crippen LogP contribution >= 0.6 is 0 Å². The molecule has 2 heterocycles. The molecule has 1 amide bonds. The van der Waals surface area contributed by atoms with E-state index in [4.69, 9.17) is 10.5 Å². The lowest BCUT2D eigenvalue weighted by Crippen LogP contribution is -2.45. The normalized spacial score (nSPS) is 12.8. The standard InChI is InChI=1S/C13H18N6O4/c1-13(2,3)23-12(22)18-7(11(20)21)4-19-6-17-8-9(14)15-5-16-10(8)19/h5-7H,4H2,1-3H3,(H,18,22)(H,20,21)(H2,14,15,16). The zero-order chi connectivity index (χ0) is 17.2. The summed E-state index contributed by atoms with van der Waals surface area (Å²) in [5.74, 6) is -1.01. The molecule has 0 aliphatic rings. The quantitative estimate of drug-likeness (QED) is 0.732. The molecule has 4 N–H and O–H groups in total. The van der Waals surface area contributed by atoms with Crippen molar-refractivity contribution in [2.45, 2.75) is 39.0 Å². The van der Waals surface area contributed by atoms with Gasteiger partial charge in [-0.05, 0) is 20.8 Å². The third-order valence-electron chi connectivity index (χ3n) is 2.80. The van der Waals surface area contributed by atoms with Crippen molar-refractivity contribution in [3.8, 4) is 0 Å². The minimum Gasteiger partial charge on any atom is -0.480 e. The van der Waals surface area contributed by atoms with Gasteiger partial charge in [0.2, 0.25) is 0 Å². The molecule has 1 atom stereocenters. The summed E-state index contributed by atoms with van der Waals surface area (Å²) in [5.41, 5.74) is 5.70. The second-order valence-electron chi connectivity index (χ2n) is 5.87. The van der Waals surface area contributed by atoms with Crippen molar-refractivity contribution < 1.29 is 19.4 Å². The number of carbonyl (C=O) groups is 2. The van der Waals surface area contributed by atoms with Gasteiger partial charge in [0, 0.05) is 0 Å². The van der Waals surface area contributed by atoms with Crippen LogP contribution in [0, 0.1) is 0 Å². The smallest absolute Gasteiger partial charge is 0.408 e. The van der Waals surface area contributed by atoms with Crippen LogP contribution in [0.5, 0.6) is 0 Å². The number of anilines is 1. The average Bonchev–Trinajstić information content (AvgIpc) is 2.80. The summed E-state index contributed by atoms with van der Waals surface area (Å²) >= 11 is 0. The Labute approximate surface area is 131 Å². The van der Waals surface area contributed by atoms with Crippen molar-refractivity contribution in [3.63, 3.8) is 0 Å². The first-order chi connectivity index (χ1) is 10.7. The van der Waals surface area contributed by atoms with Crippen LogP contribution < -0.4 is 11.1 Å². The highest BCUT2D eigenvalue weighted by Crippen LogP contribution is 2.14. The number of imidazole rings is 1. The predicted molar refractivity (Wildman–Crippen MR) is 80.5 cm³/mol. The van der Waals surface area contributed by atoms with Crippen LogP contribution in [0.15, 0.2) is 12.7 Å². The van der Waals surface area contributed by atoms with E-state index in [1.165, 1.54) is 17.2 Å². The zero-order valence-electron chi connectivity index (χ0n) is 13.0. The maximum absolute atomic E-state index is 11.8. The van der Waals surface area contributed by atoms with E-state index in [-0.39, 0.29) is 12.4 Å². The Morgan fingerprint density at radius 2 is 2.09 bits per heavy atom. The number of carbonyl (C=O) groups excluding carboxylic acids is 1. The number of fused-ring (bicyclic) bond motifs is 1. The Balaban J connectivity index is 2.17. The van der Waals surface area contributed by atoms with Crippen molar-refractivity contribution in [2.24, 2.45) is 0 Å². The fraction of sp³-hybridized carbons (Fsp3) is 0.462. The Morgan fingerprint density at radius 1 is 1.39 bits per heavy atom. The molecule has 1 unspecified atom stereocenters. The highest BCUT2D eigenvalue weighted by molar-refractivity contribution is 5.82. The largest absolute Gasteiger partial charge is 0.480 e. The molecule has 0 spiro atoms. The van der Waals surface area contributed by atoms with Crippen molar-refractivity contribution in [3.05, 3.63) is 12.7 Å². The number of ether oxygens (including phenoxy) is 1. The number of nitrogens with one attached hydrogen (secondary N) is 1. The molecule has 0 fully saturated rings. The van der Waals surface area contributed by atoms with Crippen LogP contribution in [0.1, 0.15) is 20.8 Å². The fourth-order valence-corrected chi connectivity index (χ4v) is 1.86. The number of carboxylic acids is 1. The molecule has 0 radical (unpaired) electrons.